The van der Waals surface area contributed by atoms with Crippen molar-refractivity contribution in [3.05, 3.63) is 71.5 Å². The number of aliphatic hydroxyl groups excluding tert-OH is 1. The summed E-state index contributed by atoms with van der Waals surface area (Å²) < 4.78 is 14.5. The van der Waals surface area contributed by atoms with Gasteiger partial charge >= 0.3 is 5.97 Å². The van der Waals surface area contributed by atoms with Gasteiger partial charge in [-0.3, -0.25) is 4.79 Å². The molecule has 0 atom stereocenters. The molecular formula is C15H12FNO4. The van der Waals surface area contributed by atoms with Crippen molar-refractivity contribution in [2.24, 2.45) is 0 Å². The molecule has 2 N–H and O–H groups in total. The summed E-state index contributed by atoms with van der Waals surface area (Å²) in [6.45, 7) is 0.447. The van der Waals surface area contributed by atoms with Crippen molar-refractivity contribution in [3.8, 4) is 0 Å². The van der Waals surface area contributed by atoms with Crippen LogP contribution in [0.5, 0.6) is 0 Å². The first kappa shape index (κ1) is 14.5. The first-order valence-corrected chi connectivity index (χ1v) is 6.04. The summed E-state index contributed by atoms with van der Waals surface area (Å²) in [5.41, 5.74) is 1.11. The van der Waals surface area contributed by atoms with Gasteiger partial charge < -0.3 is 14.8 Å². The summed E-state index contributed by atoms with van der Waals surface area (Å²) in [7, 11) is 0. The van der Waals surface area contributed by atoms with Crippen LogP contribution in [-0.4, -0.2) is 26.5 Å². The first-order valence-electron chi connectivity index (χ1n) is 6.04. The van der Waals surface area contributed by atoms with E-state index in [4.69, 9.17) is 10.2 Å². The van der Waals surface area contributed by atoms with E-state index in [1.54, 1.807) is 22.9 Å². The molecule has 2 aromatic rings. The SMILES string of the molecule is O=C(O)C(O)=CC(=O)c1ccn(Cc2ccc(F)cc2)c1. The molecule has 0 spiro atoms. The Balaban J connectivity index is 2.11. The number of halogens is 1. The maximum absolute atomic E-state index is 12.8. The number of nitrogens with zero attached hydrogens (tertiary/aromatic N) is 1. The molecule has 2 rings (SSSR count). The highest BCUT2D eigenvalue weighted by Crippen LogP contribution is 2.09. The second-order valence-corrected chi connectivity index (χ2v) is 4.40. The number of carboxylic acids is 1. The number of carbonyl (C=O) groups excluding carboxylic acids is 1. The minimum absolute atomic E-state index is 0.255. The van der Waals surface area contributed by atoms with Gasteiger partial charge in [-0.15, -0.1) is 0 Å². The molecule has 1 aromatic carbocycles. The molecule has 108 valence electrons. The molecule has 0 unspecified atom stereocenters. The second kappa shape index (κ2) is 6.04. The molecule has 0 saturated heterocycles. The van der Waals surface area contributed by atoms with Gasteiger partial charge in [0.15, 0.2) is 5.78 Å². The third-order valence-corrected chi connectivity index (χ3v) is 2.80. The van der Waals surface area contributed by atoms with Crippen LogP contribution in [-0.2, 0) is 11.3 Å². The highest BCUT2D eigenvalue weighted by Gasteiger charge is 2.10. The van der Waals surface area contributed by atoms with Crippen LogP contribution in [0.15, 0.2) is 54.6 Å². The zero-order chi connectivity index (χ0) is 15.4. The van der Waals surface area contributed by atoms with Gasteiger partial charge in [-0.25, -0.2) is 9.18 Å². The highest BCUT2D eigenvalue weighted by atomic mass is 19.1. The molecule has 0 aliphatic heterocycles. The van der Waals surface area contributed by atoms with Crippen LogP contribution >= 0.6 is 0 Å². The maximum Gasteiger partial charge on any atom is 0.371 e. The number of carbonyl (C=O) groups is 2. The number of aromatic nitrogens is 1. The first-order chi connectivity index (χ1) is 9.95. The number of ketones is 1. The second-order valence-electron chi connectivity index (χ2n) is 4.40. The molecule has 21 heavy (non-hydrogen) atoms. The monoisotopic (exact) mass is 289 g/mol. The van der Waals surface area contributed by atoms with Gasteiger partial charge in [0, 0.05) is 30.6 Å². The number of hydrogen-bond donors (Lipinski definition) is 2. The van der Waals surface area contributed by atoms with Crippen molar-refractivity contribution in [1.82, 2.24) is 4.57 Å². The molecule has 6 heteroatoms. The molecule has 0 fully saturated rings. The highest BCUT2D eigenvalue weighted by molar-refractivity contribution is 6.07. The minimum Gasteiger partial charge on any atom is -0.502 e. The number of benzene rings is 1. The van der Waals surface area contributed by atoms with E-state index in [0.717, 1.165) is 5.56 Å². The van der Waals surface area contributed by atoms with Crippen LogP contribution in [0.25, 0.3) is 0 Å². The fourth-order valence-electron chi connectivity index (χ4n) is 1.75. The molecule has 0 saturated carbocycles. The average Bonchev–Trinajstić information content (AvgIpc) is 2.90. The van der Waals surface area contributed by atoms with Crippen LogP contribution in [0.2, 0.25) is 0 Å². The van der Waals surface area contributed by atoms with Crippen molar-refractivity contribution in [3.63, 3.8) is 0 Å². The van der Waals surface area contributed by atoms with Gasteiger partial charge in [0.25, 0.3) is 0 Å². The topological polar surface area (TPSA) is 79.5 Å². The smallest absolute Gasteiger partial charge is 0.371 e. The minimum atomic E-state index is -1.56. The summed E-state index contributed by atoms with van der Waals surface area (Å²) in [4.78, 5) is 22.1. The predicted molar refractivity (Wildman–Crippen MR) is 72.6 cm³/mol. The number of aliphatic carboxylic acids is 1. The zero-order valence-corrected chi connectivity index (χ0v) is 10.9. The van der Waals surface area contributed by atoms with Crippen LogP contribution in [0.1, 0.15) is 15.9 Å². The fraction of sp³-hybridized carbons (Fsp3) is 0.0667. The Morgan fingerprint density at radius 2 is 1.81 bits per heavy atom. The fourth-order valence-corrected chi connectivity index (χ4v) is 1.75. The maximum atomic E-state index is 12.8. The largest absolute Gasteiger partial charge is 0.502 e. The van der Waals surface area contributed by atoms with Gasteiger partial charge in [-0.1, -0.05) is 12.1 Å². The van der Waals surface area contributed by atoms with Gasteiger partial charge in [0.2, 0.25) is 5.76 Å². The van der Waals surface area contributed by atoms with Crippen molar-refractivity contribution in [1.29, 1.82) is 0 Å². The molecule has 0 bridgehead atoms. The van der Waals surface area contributed by atoms with E-state index in [0.29, 0.717) is 12.6 Å². The predicted octanol–water partition coefficient (Wildman–Crippen LogP) is 2.38. The van der Waals surface area contributed by atoms with Crippen LogP contribution < -0.4 is 0 Å². The van der Waals surface area contributed by atoms with E-state index < -0.39 is 17.5 Å². The summed E-state index contributed by atoms with van der Waals surface area (Å²) in [5, 5.41) is 17.5. The third-order valence-electron chi connectivity index (χ3n) is 2.80. The number of hydrogen-bond acceptors (Lipinski definition) is 3. The van der Waals surface area contributed by atoms with Crippen LogP contribution in [0.3, 0.4) is 0 Å². The van der Waals surface area contributed by atoms with Gasteiger partial charge in [0.1, 0.15) is 5.82 Å². The van der Waals surface area contributed by atoms with Crippen molar-refractivity contribution in [2.45, 2.75) is 6.54 Å². The normalized spacial score (nSPS) is 11.4. The van der Waals surface area contributed by atoms with Crippen LogP contribution in [0, 0.1) is 5.82 Å². The Hall–Kier alpha value is -2.89. The molecule has 0 aliphatic carbocycles. The van der Waals surface area contributed by atoms with Gasteiger partial charge in [-0.2, -0.15) is 0 Å². The lowest BCUT2D eigenvalue weighted by Crippen LogP contribution is -2.03. The van der Waals surface area contributed by atoms with E-state index in [9.17, 15) is 14.0 Å². The molecule has 0 aliphatic rings. The number of carboxylic acid groups (broad SMARTS) is 1. The molecule has 0 amide bonds. The number of aliphatic hydroxyl groups is 1. The average molecular weight is 289 g/mol. The van der Waals surface area contributed by atoms with E-state index in [-0.39, 0.29) is 11.4 Å². The number of rotatable bonds is 5. The van der Waals surface area contributed by atoms with E-state index in [2.05, 4.69) is 0 Å². The molecule has 5 nitrogen and oxygen atoms in total. The summed E-state index contributed by atoms with van der Waals surface area (Å²) in [5.74, 6) is -3.50. The van der Waals surface area contributed by atoms with Crippen molar-refractivity contribution >= 4 is 11.8 Å². The summed E-state index contributed by atoms with van der Waals surface area (Å²) in [6.07, 6.45) is 3.82. The number of allylic oxidation sites excluding steroid dienone is 1. The van der Waals surface area contributed by atoms with Crippen LogP contribution in [0.4, 0.5) is 4.39 Å². The van der Waals surface area contributed by atoms with Gasteiger partial charge in [0.05, 0.1) is 0 Å². The Labute approximate surface area is 119 Å². The molecular weight excluding hydrogens is 277 g/mol. The Morgan fingerprint density at radius 3 is 2.43 bits per heavy atom. The quantitative estimate of drug-likeness (QED) is 0.503. The van der Waals surface area contributed by atoms with Crippen molar-refractivity contribution in [2.75, 3.05) is 0 Å². The summed E-state index contributed by atoms with van der Waals surface area (Å²) >= 11 is 0. The van der Waals surface area contributed by atoms with E-state index in [1.807, 2.05) is 0 Å². The molecule has 1 aromatic heterocycles. The Morgan fingerprint density at radius 1 is 1.14 bits per heavy atom. The molecule has 1 heterocycles. The lowest BCUT2D eigenvalue weighted by molar-refractivity contribution is -0.135. The van der Waals surface area contributed by atoms with Gasteiger partial charge in [-0.05, 0) is 23.8 Å². The van der Waals surface area contributed by atoms with E-state index in [1.165, 1.54) is 24.4 Å². The standard InChI is InChI=1S/C15H12FNO4/c16-12-3-1-10(2-4-12)8-17-6-5-11(9-17)13(18)7-14(19)15(20)21/h1-7,9,19H,8H2,(H,20,21). The Bertz CT molecular complexity index is 701. The molecule has 0 radical (unpaired) electrons. The zero-order valence-electron chi connectivity index (χ0n) is 10.9. The third kappa shape index (κ3) is 3.79. The summed E-state index contributed by atoms with van der Waals surface area (Å²) in [6, 6.07) is 7.47. The van der Waals surface area contributed by atoms with Crippen molar-refractivity contribution < 1.29 is 24.2 Å². The van der Waals surface area contributed by atoms with E-state index >= 15 is 0 Å². The lowest BCUT2D eigenvalue weighted by atomic mass is 10.2. The Kier molecular flexibility index (Phi) is 4.18. The lowest BCUT2D eigenvalue weighted by Gasteiger charge is -2.02.